The fourth-order valence-corrected chi connectivity index (χ4v) is 2.68. The van der Waals surface area contributed by atoms with Crippen molar-refractivity contribution in [2.45, 2.75) is 32.9 Å². The average molecular weight is 338 g/mol. The molecule has 0 saturated carbocycles. The fourth-order valence-electron chi connectivity index (χ4n) is 2.68. The lowest BCUT2D eigenvalue weighted by Gasteiger charge is -2.12. The van der Waals surface area contributed by atoms with Crippen LogP contribution in [0.15, 0.2) is 48.5 Å². The molecule has 2 N–H and O–H groups in total. The van der Waals surface area contributed by atoms with Crippen LogP contribution in [0.2, 0.25) is 0 Å². The summed E-state index contributed by atoms with van der Waals surface area (Å²) in [7, 11) is 0. The first-order chi connectivity index (χ1) is 12.0. The first-order valence-corrected chi connectivity index (χ1v) is 8.45. The van der Waals surface area contributed by atoms with Crippen molar-refractivity contribution < 1.29 is 14.3 Å². The Kier molecular flexibility index (Phi) is 5.03. The van der Waals surface area contributed by atoms with Gasteiger partial charge in [-0.1, -0.05) is 44.2 Å². The quantitative estimate of drug-likeness (QED) is 0.881. The number of anilines is 1. The van der Waals surface area contributed by atoms with E-state index in [1.807, 2.05) is 62.4 Å². The summed E-state index contributed by atoms with van der Waals surface area (Å²) in [6.45, 7) is 4.08. The normalized spacial score (nSPS) is 15.4. The van der Waals surface area contributed by atoms with E-state index in [2.05, 4.69) is 10.6 Å². The van der Waals surface area contributed by atoms with Crippen LogP contribution >= 0.6 is 0 Å². The van der Waals surface area contributed by atoms with Crippen LogP contribution in [-0.2, 0) is 22.6 Å². The number of nitrogens with one attached hydrogen (secondary N) is 2. The number of carbonyl (C=O) groups excluding carboxylic acids is 2. The van der Waals surface area contributed by atoms with Gasteiger partial charge in [-0.3, -0.25) is 9.59 Å². The molecule has 0 saturated heterocycles. The first kappa shape index (κ1) is 17.0. The Labute approximate surface area is 147 Å². The van der Waals surface area contributed by atoms with Gasteiger partial charge in [-0.25, -0.2) is 0 Å². The average Bonchev–Trinajstić information content (AvgIpc) is 3.04. The van der Waals surface area contributed by atoms with Gasteiger partial charge in [0.15, 0.2) is 6.10 Å². The highest BCUT2D eigenvalue weighted by atomic mass is 16.5. The van der Waals surface area contributed by atoms with Crippen molar-refractivity contribution in [3.63, 3.8) is 0 Å². The van der Waals surface area contributed by atoms with Gasteiger partial charge < -0.3 is 15.4 Å². The topological polar surface area (TPSA) is 67.4 Å². The predicted molar refractivity (Wildman–Crippen MR) is 96.3 cm³/mol. The van der Waals surface area contributed by atoms with Crippen LogP contribution in [0.4, 0.5) is 5.69 Å². The van der Waals surface area contributed by atoms with Crippen LogP contribution < -0.4 is 15.4 Å². The molecule has 0 radical (unpaired) electrons. The molecule has 2 amide bonds. The Morgan fingerprint density at radius 3 is 2.72 bits per heavy atom. The second kappa shape index (κ2) is 7.38. The Morgan fingerprint density at radius 2 is 1.96 bits per heavy atom. The summed E-state index contributed by atoms with van der Waals surface area (Å²) in [6, 6.07) is 15.2. The van der Waals surface area contributed by atoms with Crippen molar-refractivity contribution in [2.24, 2.45) is 5.92 Å². The zero-order valence-corrected chi connectivity index (χ0v) is 14.4. The Bertz CT molecular complexity index is 761. The minimum atomic E-state index is -0.485. The number of fused-ring (bicyclic) bond motifs is 1. The molecule has 1 heterocycles. The fraction of sp³-hybridized carbons (Fsp3) is 0.300. The van der Waals surface area contributed by atoms with Crippen LogP contribution in [0.3, 0.4) is 0 Å². The molecule has 5 nitrogen and oxygen atoms in total. The molecule has 3 rings (SSSR count). The van der Waals surface area contributed by atoms with Gasteiger partial charge in [0.25, 0.3) is 5.91 Å². The van der Waals surface area contributed by atoms with Gasteiger partial charge in [-0.15, -0.1) is 0 Å². The molecule has 0 unspecified atom stereocenters. The third kappa shape index (κ3) is 4.18. The molecule has 25 heavy (non-hydrogen) atoms. The molecule has 1 aliphatic rings. The number of benzene rings is 2. The molecule has 0 spiro atoms. The van der Waals surface area contributed by atoms with Crippen molar-refractivity contribution >= 4 is 17.5 Å². The van der Waals surface area contributed by atoms with Gasteiger partial charge in [0.1, 0.15) is 5.75 Å². The van der Waals surface area contributed by atoms with E-state index in [9.17, 15) is 9.59 Å². The summed E-state index contributed by atoms with van der Waals surface area (Å²) in [4.78, 5) is 24.1. The third-order valence-corrected chi connectivity index (χ3v) is 4.13. The monoisotopic (exact) mass is 338 g/mol. The van der Waals surface area contributed by atoms with Crippen molar-refractivity contribution in [2.75, 3.05) is 5.32 Å². The molecule has 5 heteroatoms. The molecule has 1 aliphatic heterocycles. The summed E-state index contributed by atoms with van der Waals surface area (Å²) >= 11 is 0. The van der Waals surface area contributed by atoms with Crippen LogP contribution in [0, 0.1) is 5.92 Å². The van der Waals surface area contributed by atoms with Crippen LogP contribution in [-0.4, -0.2) is 17.9 Å². The number of amides is 2. The number of hydrogen-bond donors (Lipinski definition) is 2. The highest BCUT2D eigenvalue weighted by molar-refractivity contribution is 5.92. The maximum Gasteiger partial charge on any atom is 0.261 e. The summed E-state index contributed by atoms with van der Waals surface area (Å²) in [5.74, 6) is 0.539. The summed E-state index contributed by atoms with van der Waals surface area (Å²) in [5, 5.41) is 5.76. The van der Waals surface area contributed by atoms with E-state index in [4.69, 9.17) is 4.74 Å². The Morgan fingerprint density at radius 1 is 1.16 bits per heavy atom. The van der Waals surface area contributed by atoms with Gasteiger partial charge in [0.05, 0.1) is 0 Å². The highest BCUT2D eigenvalue weighted by Gasteiger charge is 2.28. The van der Waals surface area contributed by atoms with Gasteiger partial charge in [0, 0.05) is 24.6 Å². The second-order valence-electron chi connectivity index (χ2n) is 6.48. The molecule has 130 valence electrons. The SMILES string of the molecule is CC(C)C(=O)Nc1cccc(CNC(=O)[C@H]2Cc3ccccc3O2)c1. The molecule has 1 atom stereocenters. The van der Waals surface area contributed by atoms with Crippen LogP contribution in [0.25, 0.3) is 0 Å². The van der Waals surface area contributed by atoms with E-state index in [-0.39, 0.29) is 17.7 Å². The number of para-hydroxylation sites is 1. The number of ether oxygens (including phenoxy) is 1. The molecule has 0 bridgehead atoms. The van der Waals surface area contributed by atoms with E-state index in [0.29, 0.717) is 13.0 Å². The Balaban J connectivity index is 1.55. The van der Waals surface area contributed by atoms with Crippen molar-refractivity contribution in [3.05, 3.63) is 59.7 Å². The van der Waals surface area contributed by atoms with Crippen LogP contribution in [0.1, 0.15) is 25.0 Å². The van der Waals surface area contributed by atoms with Gasteiger partial charge in [0.2, 0.25) is 5.91 Å². The van der Waals surface area contributed by atoms with Crippen molar-refractivity contribution in [1.29, 1.82) is 0 Å². The standard InChI is InChI=1S/C20H22N2O3/c1-13(2)19(23)22-16-8-5-6-14(10-16)12-21-20(24)18-11-15-7-3-4-9-17(15)25-18/h3-10,13,18H,11-12H2,1-2H3,(H,21,24)(H,22,23)/t18-/m1/s1. The first-order valence-electron chi connectivity index (χ1n) is 8.45. The minimum Gasteiger partial charge on any atom is -0.480 e. The lowest BCUT2D eigenvalue weighted by molar-refractivity contribution is -0.127. The van der Waals surface area contributed by atoms with E-state index >= 15 is 0 Å². The van der Waals surface area contributed by atoms with Crippen LogP contribution in [0.5, 0.6) is 5.75 Å². The van der Waals surface area contributed by atoms with E-state index in [0.717, 1.165) is 22.6 Å². The second-order valence-corrected chi connectivity index (χ2v) is 6.48. The van der Waals surface area contributed by atoms with Gasteiger partial charge in [-0.05, 0) is 29.3 Å². The smallest absolute Gasteiger partial charge is 0.261 e. The highest BCUT2D eigenvalue weighted by Crippen LogP contribution is 2.28. The number of rotatable bonds is 5. The van der Waals surface area contributed by atoms with E-state index < -0.39 is 6.10 Å². The lowest BCUT2D eigenvalue weighted by Crippen LogP contribution is -2.37. The maximum absolute atomic E-state index is 12.3. The van der Waals surface area contributed by atoms with Gasteiger partial charge >= 0.3 is 0 Å². The molecule has 2 aromatic rings. The minimum absolute atomic E-state index is 0.0293. The lowest BCUT2D eigenvalue weighted by atomic mass is 10.1. The zero-order valence-electron chi connectivity index (χ0n) is 14.4. The molecule has 0 aliphatic carbocycles. The van der Waals surface area contributed by atoms with Crippen molar-refractivity contribution in [1.82, 2.24) is 5.32 Å². The van der Waals surface area contributed by atoms with Crippen molar-refractivity contribution in [3.8, 4) is 5.75 Å². The van der Waals surface area contributed by atoms with E-state index in [1.54, 1.807) is 0 Å². The molecular weight excluding hydrogens is 316 g/mol. The molecule has 0 fully saturated rings. The summed E-state index contributed by atoms with van der Waals surface area (Å²) < 4.78 is 5.69. The molecular formula is C20H22N2O3. The Hall–Kier alpha value is -2.82. The third-order valence-electron chi connectivity index (χ3n) is 4.13. The summed E-state index contributed by atoms with van der Waals surface area (Å²) in [6.07, 6.45) is 0.105. The molecule has 0 aromatic heterocycles. The maximum atomic E-state index is 12.3. The molecule has 2 aromatic carbocycles. The number of hydrogen-bond acceptors (Lipinski definition) is 3. The summed E-state index contributed by atoms with van der Waals surface area (Å²) in [5.41, 5.74) is 2.71. The predicted octanol–water partition coefficient (Wildman–Crippen LogP) is 2.90. The largest absolute Gasteiger partial charge is 0.480 e. The zero-order chi connectivity index (χ0) is 17.8. The van der Waals surface area contributed by atoms with Gasteiger partial charge in [-0.2, -0.15) is 0 Å². The van der Waals surface area contributed by atoms with E-state index in [1.165, 1.54) is 0 Å². The number of carbonyl (C=O) groups is 2.